The Balaban J connectivity index is 1.86. The molecule has 29 heavy (non-hydrogen) atoms. The number of amides is 1. The molecule has 1 saturated carbocycles. The second-order valence-corrected chi connectivity index (χ2v) is 8.23. The quantitative estimate of drug-likeness (QED) is 0.510. The zero-order valence-electron chi connectivity index (χ0n) is 16.4. The highest BCUT2D eigenvalue weighted by molar-refractivity contribution is 6.35. The van der Waals surface area contributed by atoms with Crippen LogP contribution in [0.2, 0.25) is 10.0 Å². The van der Waals surface area contributed by atoms with E-state index < -0.39 is 5.41 Å². The van der Waals surface area contributed by atoms with E-state index in [4.69, 9.17) is 27.9 Å². The average molecular weight is 431 g/mol. The van der Waals surface area contributed by atoms with E-state index in [1.165, 1.54) is 0 Å². The number of nitriles is 1. The van der Waals surface area contributed by atoms with Crippen molar-refractivity contribution in [2.45, 2.75) is 50.9 Å². The van der Waals surface area contributed by atoms with Gasteiger partial charge in [-0.15, -0.1) is 0 Å². The van der Waals surface area contributed by atoms with Gasteiger partial charge in [0.1, 0.15) is 11.8 Å². The predicted octanol–water partition coefficient (Wildman–Crippen LogP) is 6.49. The molecular weight excluding hydrogens is 407 g/mol. The number of rotatable bonds is 7. The van der Waals surface area contributed by atoms with Crippen molar-refractivity contribution < 1.29 is 9.53 Å². The number of carbonyl (C=O) groups is 1. The van der Waals surface area contributed by atoms with Crippen LogP contribution >= 0.6 is 23.2 Å². The van der Waals surface area contributed by atoms with Gasteiger partial charge in [-0.3, -0.25) is 4.79 Å². The lowest BCUT2D eigenvalue weighted by molar-refractivity contribution is -0.121. The van der Waals surface area contributed by atoms with Gasteiger partial charge in [0, 0.05) is 10.0 Å². The molecule has 6 heteroatoms. The summed E-state index contributed by atoms with van der Waals surface area (Å²) in [5.74, 6) is 0.486. The first-order valence-corrected chi connectivity index (χ1v) is 10.7. The van der Waals surface area contributed by atoms with Gasteiger partial charge < -0.3 is 10.1 Å². The minimum absolute atomic E-state index is 0.143. The van der Waals surface area contributed by atoms with Crippen LogP contribution in [0.25, 0.3) is 0 Å². The van der Waals surface area contributed by atoms with E-state index >= 15 is 0 Å². The van der Waals surface area contributed by atoms with Crippen molar-refractivity contribution in [2.75, 3.05) is 11.9 Å². The summed E-state index contributed by atoms with van der Waals surface area (Å²) in [7, 11) is 0. The molecule has 1 N–H and O–H groups in total. The van der Waals surface area contributed by atoms with Gasteiger partial charge in [0.2, 0.25) is 5.91 Å². The van der Waals surface area contributed by atoms with Crippen molar-refractivity contribution in [1.82, 2.24) is 0 Å². The summed E-state index contributed by atoms with van der Waals surface area (Å²) >= 11 is 12.5. The van der Waals surface area contributed by atoms with E-state index in [0.29, 0.717) is 46.5 Å². The maximum Gasteiger partial charge on any atom is 0.235 e. The zero-order chi connectivity index (χ0) is 20.9. The molecular formula is C23H24Cl2N2O2. The Kier molecular flexibility index (Phi) is 7.05. The highest BCUT2D eigenvalue weighted by atomic mass is 35.5. The van der Waals surface area contributed by atoms with Crippen molar-refractivity contribution in [3.63, 3.8) is 0 Å². The zero-order valence-corrected chi connectivity index (χ0v) is 17.9. The van der Waals surface area contributed by atoms with Crippen molar-refractivity contribution >= 4 is 34.8 Å². The predicted molar refractivity (Wildman–Crippen MR) is 117 cm³/mol. The highest BCUT2D eigenvalue weighted by Gasteiger charge is 2.44. The molecule has 1 amide bonds. The number of carbonyl (C=O) groups excluding carboxylic acids is 1. The van der Waals surface area contributed by atoms with Gasteiger partial charge in [0.05, 0.1) is 23.3 Å². The van der Waals surface area contributed by atoms with E-state index in [1.807, 2.05) is 6.07 Å². The summed E-state index contributed by atoms with van der Waals surface area (Å²) in [5, 5.41) is 13.6. The molecule has 4 nitrogen and oxygen atoms in total. The van der Waals surface area contributed by atoms with Crippen LogP contribution in [-0.4, -0.2) is 12.5 Å². The highest BCUT2D eigenvalue weighted by Crippen LogP contribution is 2.45. The van der Waals surface area contributed by atoms with Crippen LogP contribution in [0, 0.1) is 11.3 Å². The molecule has 1 aliphatic carbocycles. The number of hydrogen-bond donors (Lipinski definition) is 1. The molecule has 0 saturated heterocycles. The second-order valence-electron chi connectivity index (χ2n) is 7.39. The van der Waals surface area contributed by atoms with Gasteiger partial charge in [-0.05, 0) is 55.2 Å². The number of nitrogens with one attached hydrogen (secondary N) is 1. The van der Waals surface area contributed by atoms with Gasteiger partial charge in [-0.25, -0.2) is 0 Å². The monoisotopic (exact) mass is 430 g/mol. The Hall–Kier alpha value is -2.22. The summed E-state index contributed by atoms with van der Waals surface area (Å²) in [6.45, 7) is 2.69. The van der Waals surface area contributed by atoms with Gasteiger partial charge in [-0.1, -0.05) is 55.5 Å². The number of hydrogen-bond acceptors (Lipinski definition) is 3. The summed E-state index contributed by atoms with van der Waals surface area (Å²) < 4.78 is 5.67. The molecule has 2 aromatic carbocycles. The number of unbranched alkanes of at least 4 members (excludes halogenated alkanes) is 1. The van der Waals surface area contributed by atoms with Crippen LogP contribution in [0.15, 0.2) is 36.4 Å². The summed E-state index contributed by atoms with van der Waals surface area (Å²) in [5.41, 5.74) is 0.932. The van der Waals surface area contributed by atoms with Crippen molar-refractivity contribution in [3.05, 3.63) is 57.6 Å². The van der Waals surface area contributed by atoms with E-state index in [1.54, 1.807) is 30.3 Å². The third kappa shape index (κ3) is 4.69. The molecule has 3 rings (SSSR count). The van der Waals surface area contributed by atoms with Gasteiger partial charge in [0.25, 0.3) is 0 Å². The van der Waals surface area contributed by atoms with Crippen LogP contribution in [0.5, 0.6) is 5.75 Å². The lowest BCUT2D eigenvalue weighted by Gasteiger charge is -2.29. The SMILES string of the molecule is CCCCOc1ccc(NC(=O)C2(c3ccc(Cl)cc3Cl)CCCC2)c(C#N)c1. The van der Waals surface area contributed by atoms with Crippen LogP contribution in [0.1, 0.15) is 56.6 Å². The third-order valence-electron chi connectivity index (χ3n) is 5.46. The third-order valence-corrected chi connectivity index (χ3v) is 6.01. The van der Waals surface area contributed by atoms with E-state index in [0.717, 1.165) is 31.2 Å². The Morgan fingerprint density at radius 3 is 2.62 bits per heavy atom. The van der Waals surface area contributed by atoms with Crippen molar-refractivity contribution in [3.8, 4) is 11.8 Å². The average Bonchev–Trinajstić information content (AvgIpc) is 3.20. The fourth-order valence-corrected chi connectivity index (χ4v) is 4.46. The fourth-order valence-electron chi connectivity index (χ4n) is 3.87. The van der Waals surface area contributed by atoms with Gasteiger partial charge in [-0.2, -0.15) is 5.26 Å². The summed E-state index contributed by atoms with van der Waals surface area (Å²) in [6.07, 6.45) is 5.29. The summed E-state index contributed by atoms with van der Waals surface area (Å²) in [4.78, 5) is 13.4. The normalized spacial score (nSPS) is 15.0. The molecule has 1 fully saturated rings. The lowest BCUT2D eigenvalue weighted by Crippen LogP contribution is -2.38. The Morgan fingerprint density at radius 2 is 1.97 bits per heavy atom. The Labute approximate surface area is 181 Å². The first kappa shape index (κ1) is 21.5. The van der Waals surface area contributed by atoms with Gasteiger partial charge >= 0.3 is 0 Å². The topological polar surface area (TPSA) is 62.1 Å². The van der Waals surface area contributed by atoms with E-state index in [2.05, 4.69) is 18.3 Å². The smallest absolute Gasteiger partial charge is 0.235 e. The molecule has 0 aliphatic heterocycles. The first-order valence-electron chi connectivity index (χ1n) is 9.94. The molecule has 0 unspecified atom stereocenters. The molecule has 0 heterocycles. The molecule has 2 aromatic rings. The maximum absolute atomic E-state index is 13.4. The fraction of sp³-hybridized carbons (Fsp3) is 0.391. The van der Waals surface area contributed by atoms with Gasteiger partial charge in [0.15, 0.2) is 0 Å². The molecule has 0 spiro atoms. The first-order chi connectivity index (χ1) is 14.0. The number of halogens is 2. The lowest BCUT2D eigenvalue weighted by atomic mass is 9.77. The molecule has 0 bridgehead atoms. The minimum atomic E-state index is -0.718. The number of nitrogens with zero attached hydrogens (tertiary/aromatic N) is 1. The van der Waals surface area contributed by atoms with E-state index in [-0.39, 0.29) is 5.91 Å². The molecule has 0 aromatic heterocycles. The number of ether oxygens (including phenoxy) is 1. The largest absolute Gasteiger partial charge is 0.494 e. The minimum Gasteiger partial charge on any atom is -0.494 e. The molecule has 0 radical (unpaired) electrons. The van der Waals surface area contributed by atoms with Crippen LogP contribution in [0.4, 0.5) is 5.69 Å². The molecule has 1 aliphatic rings. The Bertz CT molecular complexity index is 931. The number of benzene rings is 2. The second kappa shape index (κ2) is 9.52. The van der Waals surface area contributed by atoms with Crippen molar-refractivity contribution in [2.24, 2.45) is 0 Å². The van der Waals surface area contributed by atoms with Crippen molar-refractivity contribution in [1.29, 1.82) is 5.26 Å². The maximum atomic E-state index is 13.4. The summed E-state index contributed by atoms with van der Waals surface area (Å²) in [6, 6.07) is 12.6. The van der Waals surface area contributed by atoms with Crippen LogP contribution < -0.4 is 10.1 Å². The Morgan fingerprint density at radius 1 is 1.21 bits per heavy atom. The number of anilines is 1. The van der Waals surface area contributed by atoms with E-state index in [9.17, 15) is 10.1 Å². The molecule has 152 valence electrons. The molecule has 0 atom stereocenters. The van der Waals surface area contributed by atoms with Crippen LogP contribution in [0.3, 0.4) is 0 Å². The standard InChI is InChI=1S/C23H24Cl2N2O2/c1-2-3-12-29-18-7-9-21(16(13-18)15-26)27-22(28)23(10-4-5-11-23)19-8-6-17(24)14-20(19)25/h6-9,13-14H,2-5,10-12H2,1H3,(H,27,28). The van der Waals surface area contributed by atoms with Crippen LogP contribution in [-0.2, 0) is 10.2 Å².